The molecule has 0 saturated heterocycles. The Morgan fingerprint density at radius 1 is 1.09 bits per heavy atom. The van der Waals surface area contributed by atoms with Crippen LogP contribution in [0, 0.1) is 45.8 Å². The molecule has 4 rings (SSSR count). The van der Waals surface area contributed by atoms with E-state index in [1.165, 1.54) is 32.1 Å². The highest BCUT2D eigenvalue weighted by Gasteiger charge is 2.59. The summed E-state index contributed by atoms with van der Waals surface area (Å²) >= 11 is 0. The van der Waals surface area contributed by atoms with Gasteiger partial charge in [0, 0.05) is 5.57 Å². The van der Waals surface area contributed by atoms with Crippen LogP contribution in [0.15, 0.2) is 11.6 Å². The second-order valence-corrected chi connectivity index (χ2v) is 9.05. The molecule has 0 radical (unpaired) electrons. The largest absolute Gasteiger partial charge is 0.393 e. The van der Waals surface area contributed by atoms with Crippen LogP contribution in [0.3, 0.4) is 0 Å². The third-order valence-corrected chi connectivity index (χ3v) is 8.38. The first-order chi connectivity index (χ1) is 10.5. The standard InChI is InChI=1S/C20H29NO/c1-19-10-9-17-15(16(19)7-8-18(19)22)6-5-14-4-3-13(12-21)11-20(14,17)2/h3,14-18,22H,4-11H2,1-2H3/t14-,15+,16+,17+,18+,19-,20+/m1/s1. The lowest BCUT2D eigenvalue weighted by atomic mass is 9.45. The minimum atomic E-state index is -0.0788. The molecule has 3 saturated carbocycles. The van der Waals surface area contributed by atoms with E-state index in [0.717, 1.165) is 48.5 Å². The van der Waals surface area contributed by atoms with Crippen LogP contribution in [0.1, 0.15) is 65.2 Å². The molecule has 0 aromatic heterocycles. The first kappa shape index (κ1) is 14.8. The van der Waals surface area contributed by atoms with Gasteiger partial charge in [0.05, 0.1) is 12.2 Å². The van der Waals surface area contributed by atoms with Gasteiger partial charge in [0.2, 0.25) is 0 Å². The molecule has 1 N–H and O–H groups in total. The zero-order valence-electron chi connectivity index (χ0n) is 14.0. The predicted octanol–water partition coefficient (Wildman–Crippen LogP) is 4.45. The maximum Gasteiger partial charge on any atom is 0.0943 e. The molecule has 0 aromatic carbocycles. The second-order valence-electron chi connectivity index (χ2n) is 9.05. The summed E-state index contributed by atoms with van der Waals surface area (Å²) in [6.45, 7) is 4.83. The summed E-state index contributed by atoms with van der Waals surface area (Å²) in [6, 6.07) is 2.44. The fourth-order valence-electron chi connectivity index (χ4n) is 7.02. The van der Waals surface area contributed by atoms with Gasteiger partial charge in [-0.05, 0) is 85.9 Å². The van der Waals surface area contributed by atoms with E-state index in [2.05, 4.69) is 26.0 Å². The van der Waals surface area contributed by atoms with E-state index in [0.29, 0.717) is 5.41 Å². The Morgan fingerprint density at radius 2 is 1.86 bits per heavy atom. The average Bonchev–Trinajstić information content (AvgIpc) is 2.81. The highest BCUT2D eigenvalue weighted by molar-refractivity contribution is 5.27. The molecule has 0 heterocycles. The predicted molar refractivity (Wildman–Crippen MR) is 86.8 cm³/mol. The molecule has 4 aliphatic carbocycles. The van der Waals surface area contributed by atoms with E-state index in [-0.39, 0.29) is 11.5 Å². The molecular weight excluding hydrogens is 270 g/mol. The van der Waals surface area contributed by atoms with Gasteiger partial charge in [-0.1, -0.05) is 19.9 Å². The van der Waals surface area contributed by atoms with Gasteiger partial charge < -0.3 is 5.11 Å². The lowest BCUT2D eigenvalue weighted by Crippen LogP contribution is -2.53. The summed E-state index contributed by atoms with van der Waals surface area (Å²) in [7, 11) is 0. The molecule has 120 valence electrons. The van der Waals surface area contributed by atoms with Crippen molar-refractivity contribution in [3.8, 4) is 6.07 Å². The van der Waals surface area contributed by atoms with Gasteiger partial charge in [0.15, 0.2) is 0 Å². The van der Waals surface area contributed by atoms with E-state index in [9.17, 15) is 10.4 Å². The summed E-state index contributed by atoms with van der Waals surface area (Å²) in [5.74, 6) is 3.05. The van der Waals surface area contributed by atoms with Crippen LogP contribution in [-0.2, 0) is 0 Å². The number of fused-ring (bicyclic) bond motifs is 5. The number of nitriles is 1. The Morgan fingerprint density at radius 3 is 2.64 bits per heavy atom. The fraction of sp³-hybridized carbons (Fsp3) is 0.850. The number of aliphatic hydroxyl groups excluding tert-OH is 1. The van der Waals surface area contributed by atoms with Gasteiger partial charge in [-0.25, -0.2) is 0 Å². The van der Waals surface area contributed by atoms with Crippen LogP contribution >= 0.6 is 0 Å². The third-order valence-electron chi connectivity index (χ3n) is 8.38. The van der Waals surface area contributed by atoms with Crippen molar-refractivity contribution in [3.63, 3.8) is 0 Å². The van der Waals surface area contributed by atoms with Gasteiger partial charge in [-0.3, -0.25) is 0 Å². The summed E-state index contributed by atoms with van der Waals surface area (Å²) in [5.41, 5.74) is 1.53. The maximum atomic E-state index is 10.5. The van der Waals surface area contributed by atoms with Gasteiger partial charge in [0.25, 0.3) is 0 Å². The monoisotopic (exact) mass is 299 g/mol. The minimum absolute atomic E-state index is 0.0788. The topological polar surface area (TPSA) is 44.0 Å². The molecule has 4 aliphatic rings. The van der Waals surface area contributed by atoms with Crippen LogP contribution in [0.2, 0.25) is 0 Å². The van der Waals surface area contributed by atoms with Crippen molar-refractivity contribution in [1.29, 1.82) is 5.26 Å². The van der Waals surface area contributed by atoms with E-state index >= 15 is 0 Å². The van der Waals surface area contributed by atoms with Gasteiger partial charge >= 0.3 is 0 Å². The first-order valence-electron chi connectivity index (χ1n) is 9.26. The molecule has 2 nitrogen and oxygen atoms in total. The Labute approximate surface area is 134 Å². The Hall–Kier alpha value is -0.810. The quantitative estimate of drug-likeness (QED) is 0.718. The van der Waals surface area contributed by atoms with E-state index in [4.69, 9.17) is 0 Å². The summed E-state index contributed by atoms with van der Waals surface area (Å²) in [6.07, 6.45) is 11.6. The molecule has 0 bridgehead atoms. The lowest BCUT2D eigenvalue weighted by Gasteiger charge is -2.59. The number of nitrogens with zero attached hydrogens (tertiary/aromatic N) is 1. The smallest absolute Gasteiger partial charge is 0.0943 e. The zero-order valence-corrected chi connectivity index (χ0v) is 14.0. The highest BCUT2D eigenvalue weighted by Crippen LogP contribution is 2.66. The molecule has 2 heteroatoms. The Balaban J connectivity index is 1.66. The number of aliphatic hydroxyl groups is 1. The fourth-order valence-corrected chi connectivity index (χ4v) is 7.02. The molecule has 0 spiro atoms. The summed E-state index contributed by atoms with van der Waals surface area (Å²) in [5, 5.41) is 19.9. The normalized spacial score (nSPS) is 53.7. The Kier molecular flexibility index (Phi) is 3.25. The molecule has 0 aromatic rings. The highest BCUT2D eigenvalue weighted by atomic mass is 16.3. The van der Waals surface area contributed by atoms with Crippen LogP contribution in [0.4, 0.5) is 0 Å². The van der Waals surface area contributed by atoms with Crippen molar-refractivity contribution in [3.05, 3.63) is 11.6 Å². The zero-order chi connectivity index (χ0) is 15.5. The number of rotatable bonds is 0. The Bertz CT molecular complexity index is 546. The molecule has 0 aliphatic heterocycles. The van der Waals surface area contributed by atoms with Gasteiger partial charge in [-0.2, -0.15) is 5.26 Å². The number of hydrogen-bond acceptors (Lipinski definition) is 2. The molecule has 0 unspecified atom stereocenters. The van der Waals surface area contributed by atoms with E-state index < -0.39 is 0 Å². The molecule has 3 fully saturated rings. The van der Waals surface area contributed by atoms with Crippen molar-refractivity contribution in [2.24, 2.45) is 34.5 Å². The van der Waals surface area contributed by atoms with Crippen LogP contribution in [0.5, 0.6) is 0 Å². The van der Waals surface area contributed by atoms with Crippen molar-refractivity contribution in [2.45, 2.75) is 71.3 Å². The summed E-state index contributed by atoms with van der Waals surface area (Å²) < 4.78 is 0. The van der Waals surface area contributed by atoms with Crippen molar-refractivity contribution in [2.75, 3.05) is 0 Å². The average molecular weight is 299 g/mol. The van der Waals surface area contributed by atoms with Crippen LogP contribution in [0.25, 0.3) is 0 Å². The van der Waals surface area contributed by atoms with Crippen LogP contribution < -0.4 is 0 Å². The van der Waals surface area contributed by atoms with E-state index in [1.807, 2.05) is 0 Å². The molecule has 22 heavy (non-hydrogen) atoms. The third kappa shape index (κ3) is 1.81. The lowest BCUT2D eigenvalue weighted by molar-refractivity contribution is -0.109. The van der Waals surface area contributed by atoms with Gasteiger partial charge in [0.1, 0.15) is 0 Å². The van der Waals surface area contributed by atoms with Gasteiger partial charge in [-0.15, -0.1) is 0 Å². The van der Waals surface area contributed by atoms with Crippen molar-refractivity contribution in [1.82, 2.24) is 0 Å². The number of allylic oxidation sites excluding steroid dienone is 2. The second kappa shape index (κ2) is 4.84. The molecule has 0 amide bonds. The maximum absolute atomic E-state index is 10.5. The summed E-state index contributed by atoms with van der Waals surface area (Å²) in [4.78, 5) is 0. The van der Waals surface area contributed by atoms with Crippen molar-refractivity contribution < 1.29 is 5.11 Å². The van der Waals surface area contributed by atoms with Crippen molar-refractivity contribution >= 4 is 0 Å². The van der Waals surface area contributed by atoms with Crippen LogP contribution in [-0.4, -0.2) is 11.2 Å². The first-order valence-corrected chi connectivity index (χ1v) is 9.26. The molecular formula is C20H29NO. The minimum Gasteiger partial charge on any atom is -0.393 e. The SMILES string of the molecule is C[C@]12CC(C#N)=CC[C@@H]1CC[C@@H]1[C@@H]2CC[C@@]2(C)[C@@H](O)CC[C@@H]12. The van der Waals surface area contributed by atoms with E-state index in [1.54, 1.807) is 0 Å². The molecule has 7 atom stereocenters. The number of hydrogen-bond donors (Lipinski definition) is 1.